The third-order valence-electron chi connectivity index (χ3n) is 4.69. The maximum absolute atomic E-state index is 13.1. The summed E-state index contributed by atoms with van der Waals surface area (Å²) in [5.74, 6) is -0.237. The van der Waals surface area contributed by atoms with Crippen molar-refractivity contribution in [2.45, 2.75) is 13.5 Å². The summed E-state index contributed by atoms with van der Waals surface area (Å²) in [6.45, 7) is 2.32. The van der Waals surface area contributed by atoms with Gasteiger partial charge in [-0.2, -0.15) is 0 Å². The summed E-state index contributed by atoms with van der Waals surface area (Å²) in [5.41, 5.74) is 3.52. The number of hydrogen-bond acceptors (Lipinski definition) is 6. The van der Waals surface area contributed by atoms with Gasteiger partial charge < -0.3 is 0 Å². The van der Waals surface area contributed by atoms with E-state index in [1.54, 1.807) is 35.5 Å². The molecule has 4 aromatic rings. The Hall–Kier alpha value is -3.91. The molecule has 0 aliphatic rings. The molecule has 2 heterocycles. The van der Waals surface area contributed by atoms with Crippen molar-refractivity contribution >= 4 is 44.4 Å². The lowest BCUT2D eigenvalue weighted by atomic mass is 10.2. The lowest BCUT2D eigenvalue weighted by Crippen LogP contribution is -2.28. The average molecular weight is 430 g/mol. The Labute approximate surface area is 182 Å². The number of aromatic nitrogens is 2. The zero-order valence-electron chi connectivity index (χ0n) is 16.6. The molecular formula is C23H18N4O3S. The standard InChI is InChI=1S/C23H18N4O3S/c1-16-4-2-6-20-22(16)25-23(31-20)26(15-18-5-3-13-24-14-18)21(28)12-9-17-7-10-19(11-8-17)27(29)30/h2-14H,15H2,1H3/b12-9-. The molecule has 154 valence electrons. The molecule has 0 aliphatic heterocycles. The zero-order chi connectivity index (χ0) is 21.8. The van der Waals surface area contributed by atoms with E-state index in [0.717, 1.165) is 21.3 Å². The minimum Gasteiger partial charge on any atom is -0.280 e. The Kier molecular flexibility index (Phi) is 5.81. The molecule has 0 aliphatic carbocycles. The lowest BCUT2D eigenvalue weighted by molar-refractivity contribution is -0.384. The SMILES string of the molecule is Cc1cccc2sc(N(Cc3cccnc3)C(=O)/C=C\c3ccc([N+](=O)[O-])cc3)nc12. The van der Waals surface area contributed by atoms with Crippen LogP contribution in [0.3, 0.4) is 0 Å². The molecule has 0 fully saturated rings. The molecule has 8 heteroatoms. The van der Waals surface area contributed by atoms with Gasteiger partial charge >= 0.3 is 0 Å². The molecule has 0 N–H and O–H groups in total. The second-order valence-corrected chi connectivity index (χ2v) is 7.89. The van der Waals surface area contributed by atoms with E-state index in [0.29, 0.717) is 17.2 Å². The minimum absolute atomic E-state index is 0.00604. The van der Waals surface area contributed by atoms with Gasteiger partial charge in [-0.15, -0.1) is 0 Å². The van der Waals surface area contributed by atoms with Gasteiger partial charge in [-0.1, -0.05) is 29.5 Å². The van der Waals surface area contributed by atoms with Crippen LogP contribution < -0.4 is 4.90 Å². The second-order valence-electron chi connectivity index (χ2n) is 6.89. The summed E-state index contributed by atoms with van der Waals surface area (Å²) in [4.78, 5) is 34.0. The first-order valence-corrected chi connectivity index (χ1v) is 10.3. The fourth-order valence-corrected chi connectivity index (χ4v) is 4.12. The van der Waals surface area contributed by atoms with Gasteiger partial charge in [0.15, 0.2) is 5.13 Å². The van der Waals surface area contributed by atoms with Crippen LogP contribution in [0.15, 0.2) is 73.1 Å². The molecule has 0 radical (unpaired) electrons. The van der Waals surface area contributed by atoms with Crippen LogP contribution in [0, 0.1) is 17.0 Å². The van der Waals surface area contributed by atoms with Crippen molar-refractivity contribution in [3.63, 3.8) is 0 Å². The summed E-state index contributed by atoms with van der Waals surface area (Å²) >= 11 is 1.46. The van der Waals surface area contributed by atoms with Crippen LogP contribution in [-0.4, -0.2) is 20.8 Å². The van der Waals surface area contributed by atoms with E-state index in [2.05, 4.69) is 4.98 Å². The molecule has 0 atom stereocenters. The fraction of sp³-hybridized carbons (Fsp3) is 0.0870. The average Bonchev–Trinajstić information content (AvgIpc) is 3.22. The molecule has 2 aromatic carbocycles. The molecule has 0 saturated heterocycles. The Balaban J connectivity index is 1.65. The van der Waals surface area contributed by atoms with Crippen molar-refractivity contribution in [2.75, 3.05) is 4.90 Å². The number of aryl methyl sites for hydroxylation is 1. The number of nitrogens with zero attached hydrogens (tertiary/aromatic N) is 4. The number of nitro benzene ring substituents is 1. The highest BCUT2D eigenvalue weighted by atomic mass is 32.1. The number of anilines is 1. The van der Waals surface area contributed by atoms with Gasteiger partial charge in [0.05, 0.1) is 21.7 Å². The van der Waals surface area contributed by atoms with Gasteiger partial charge in [0.2, 0.25) is 0 Å². The zero-order valence-corrected chi connectivity index (χ0v) is 17.5. The first kappa shape index (κ1) is 20.4. The molecule has 1 amide bonds. The molecule has 31 heavy (non-hydrogen) atoms. The molecule has 7 nitrogen and oxygen atoms in total. The Bertz CT molecular complexity index is 1270. The van der Waals surface area contributed by atoms with E-state index in [1.165, 1.54) is 29.5 Å². The van der Waals surface area contributed by atoms with E-state index in [4.69, 9.17) is 4.98 Å². The van der Waals surface area contributed by atoms with Crippen LogP contribution in [0.5, 0.6) is 0 Å². The van der Waals surface area contributed by atoms with Crippen LogP contribution in [-0.2, 0) is 11.3 Å². The highest BCUT2D eigenvalue weighted by Gasteiger charge is 2.19. The second kappa shape index (κ2) is 8.85. The smallest absolute Gasteiger partial charge is 0.269 e. The van der Waals surface area contributed by atoms with Crippen molar-refractivity contribution in [2.24, 2.45) is 0 Å². The number of thiazole rings is 1. The molecule has 0 saturated carbocycles. The van der Waals surface area contributed by atoms with Crippen LogP contribution in [0.25, 0.3) is 16.3 Å². The summed E-state index contributed by atoms with van der Waals surface area (Å²) < 4.78 is 1.01. The summed E-state index contributed by atoms with van der Waals surface area (Å²) in [6.07, 6.45) is 6.50. The number of carbonyl (C=O) groups is 1. The number of fused-ring (bicyclic) bond motifs is 1. The van der Waals surface area contributed by atoms with Crippen LogP contribution in [0.4, 0.5) is 10.8 Å². The van der Waals surface area contributed by atoms with Gasteiger partial charge in [-0.3, -0.25) is 24.8 Å². The Morgan fingerprint density at radius 1 is 1.16 bits per heavy atom. The molecule has 2 aromatic heterocycles. The summed E-state index contributed by atoms with van der Waals surface area (Å²) in [6, 6.07) is 15.7. The molecular weight excluding hydrogens is 412 g/mol. The summed E-state index contributed by atoms with van der Waals surface area (Å²) in [7, 11) is 0. The first-order valence-electron chi connectivity index (χ1n) is 9.50. The van der Waals surface area contributed by atoms with Crippen molar-refractivity contribution < 1.29 is 9.72 Å². The van der Waals surface area contributed by atoms with Crippen molar-refractivity contribution in [3.8, 4) is 0 Å². The number of pyridine rings is 1. The third kappa shape index (κ3) is 4.65. The maximum Gasteiger partial charge on any atom is 0.269 e. The predicted molar refractivity (Wildman–Crippen MR) is 122 cm³/mol. The molecule has 4 rings (SSSR count). The number of amides is 1. The van der Waals surface area contributed by atoms with Gasteiger partial charge in [-0.25, -0.2) is 4.98 Å². The fourth-order valence-electron chi connectivity index (χ4n) is 3.07. The predicted octanol–water partition coefficient (Wildman–Crippen LogP) is 5.15. The first-order chi connectivity index (χ1) is 15.0. The highest BCUT2D eigenvalue weighted by molar-refractivity contribution is 7.22. The van der Waals surface area contributed by atoms with Crippen molar-refractivity contribution in [3.05, 3.63) is 99.9 Å². The van der Waals surface area contributed by atoms with E-state index >= 15 is 0 Å². The monoisotopic (exact) mass is 430 g/mol. The summed E-state index contributed by atoms with van der Waals surface area (Å²) in [5, 5.41) is 11.4. The Morgan fingerprint density at radius 2 is 1.97 bits per heavy atom. The molecule has 0 spiro atoms. The van der Waals surface area contributed by atoms with Gasteiger partial charge in [0.1, 0.15) is 0 Å². The van der Waals surface area contributed by atoms with Crippen molar-refractivity contribution in [1.29, 1.82) is 0 Å². The number of non-ortho nitro benzene ring substituents is 1. The number of benzene rings is 2. The topological polar surface area (TPSA) is 89.2 Å². The lowest BCUT2D eigenvalue weighted by Gasteiger charge is -2.18. The van der Waals surface area contributed by atoms with E-state index in [-0.39, 0.29) is 11.6 Å². The third-order valence-corrected chi connectivity index (χ3v) is 5.74. The normalized spacial score (nSPS) is 11.1. The maximum atomic E-state index is 13.1. The quantitative estimate of drug-likeness (QED) is 0.240. The largest absolute Gasteiger partial charge is 0.280 e. The van der Waals surface area contributed by atoms with Crippen LogP contribution in [0.1, 0.15) is 16.7 Å². The number of rotatable bonds is 6. The molecule has 0 unspecified atom stereocenters. The van der Waals surface area contributed by atoms with Crippen LogP contribution in [0.2, 0.25) is 0 Å². The van der Waals surface area contributed by atoms with E-state index < -0.39 is 4.92 Å². The number of nitro groups is 1. The van der Waals surface area contributed by atoms with Crippen molar-refractivity contribution in [1.82, 2.24) is 9.97 Å². The number of para-hydroxylation sites is 1. The molecule has 0 bridgehead atoms. The van der Waals surface area contributed by atoms with Crippen LogP contribution >= 0.6 is 11.3 Å². The van der Waals surface area contributed by atoms with Gasteiger partial charge in [0, 0.05) is 30.6 Å². The van der Waals surface area contributed by atoms with E-state index in [1.807, 2.05) is 37.3 Å². The minimum atomic E-state index is -0.455. The van der Waals surface area contributed by atoms with Gasteiger partial charge in [0.25, 0.3) is 11.6 Å². The number of carbonyl (C=O) groups excluding carboxylic acids is 1. The van der Waals surface area contributed by atoms with Gasteiger partial charge in [-0.05, 0) is 54.0 Å². The van der Waals surface area contributed by atoms with E-state index in [9.17, 15) is 14.9 Å². The Morgan fingerprint density at radius 3 is 2.65 bits per heavy atom. The number of hydrogen-bond donors (Lipinski definition) is 0. The highest BCUT2D eigenvalue weighted by Crippen LogP contribution is 2.31.